The summed E-state index contributed by atoms with van der Waals surface area (Å²) in [7, 11) is 0. The number of anilines is 1. The molecule has 32 heavy (non-hydrogen) atoms. The summed E-state index contributed by atoms with van der Waals surface area (Å²) in [6.45, 7) is 3.83. The summed E-state index contributed by atoms with van der Waals surface area (Å²) < 4.78 is 33.2. The van der Waals surface area contributed by atoms with E-state index in [0.717, 1.165) is 67.4 Å². The van der Waals surface area contributed by atoms with Gasteiger partial charge in [0.05, 0.1) is 11.3 Å². The Bertz CT molecular complexity index is 1090. The average Bonchev–Trinajstić information content (AvgIpc) is 2.83. The molecule has 1 saturated heterocycles. The molecule has 0 bridgehead atoms. The van der Waals surface area contributed by atoms with Crippen molar-refractivity contribution in [2.45, 2.75) is 38.8 Å². The Morgan fingerprint density at radius 3 is 2.47 bits per heavy atom. The van der Waals surface area contributed by atoms with Crippen LogP contribution in [0.5, 0.6) is 11.6 Å². The van der Waals surface area contributed by atoms with Gasteiger partial charge in [-0.2, -0.15) is 4.98 Å². The van der Waals surface area contributed by atoms with Crippen LogP contribution < -0.4 is 9.64 Å². The third-order valence-corrected chi connectivity index (χ3v) is 6.08. The Kier molecular flexibility index (Phi) is 5.99. The molecule has 2 aliphatic heterocycles. The molecule has 0 saturated carbocycles. The Balaban J connectivity index is 1.43. The highest BCUT2D eigenvalue weighted by molar-refractivity contribution is 5.43. The lowest BCUT2D eigenvalue weighted by Gasteiger charge is -2.32. The van der Waals surface area contributed by atoms with Gasteiger partial charge in [-0.1, -0.05) is 24.3 Å². The van der Waals surface area contributed by atoms with Crippen molar-refractivity contribution in [3.8, 4) is 11.6 Å². The lowest BCUT2D eigenvalue weighted by Crippen LogP contribution is -2.34. The highest BCUT2D eigenvalue weighted by atomic mass is 19.2. The fourth-order valence-corrected chi connectivity index (χ4v) is 4.38. The first kappa shape index (κ1) is 20.8. The van der Waals surface area contributed by atoms with Crippen molar-refractivity contribution in [1.82, 2.24) is 14.9 Å². The third-order valence-electron chi connectivity index (χ3n) is 6.08. The summed E-state index contributed by atoms with van der Waals surface area (Å²) in [6.07, 6.45) is 4.30. The van der Waals surface area contributed by atoms with E-state index >= 15 is 0 Å². The van der Waals surface area contributed by atoms with Gasteiger partial charge in [0.25, 0.3) is 0 Å². The van der Waals surface area contributed by atoms with Crippen LogP contribution in [0.1, 0.15) is 36.1 Å². The maximum atomic E-state index is 13.7. The third kappa shape index (κ3) is 4.58. The number of para-hydroxylation sites is 1. The molecule has 5 rings (SSSR count). The molecule has 0 amide bonds. The highest BCUT2D eigenvalue weighted by Crippen LogP contribution is 2.32. The van der Waals surface area contributed by atoms with E-state index in [1.54, 1.807) is 6.07 Å². The quantitative estimate of drug-likeness (QED) is 0.557. The van der Waals surface area contributed by atoms with Crippen LogP contribution >= 0.6 is 0 Å². The maximum absolute atomic E-state index is 13.7. The smallest absolute Gasteiger partial charge is 0.228 e. The van der Waals surface area contributed by atoms with Crippen LogP contribution in [0.3, 0.4) is 0 Å². The molecule has 1 fully saturated rings. The zero-order chi connectivity index (χ0) is 21.9. The number of hydrogen-bond acceptors (Lipinski definition) is 5. The minimum absolute atomic E-state index is 0.523. The summed E-state index contributed by atoms with van der Waals surface area (Å²) in [5.74, 6) is 0.411. The predicted octanol–water partition coefficient (Wildman–Crippen LogP) is 5.10. The number of rotatable bonds is 5. The second-order valence-corrected chi connectivity index (χ2v) is 8.43. The zero-order valence-electron chi connectivity index (χ0n) is 17.9. The lowest BCUT2D eigenvalue weighted by atomic mass is 10.1. The number of benzene rings is 2. The monoisotopic (exact) mass is 436 g/mol. The first-order chi connectivity index (χ1) is 15.7. The van der Waals surface area contributed by atoms with Crippen LogP contribution in [0.25, 0.3) is 0 Å². The summed E-state index contributed by atoms with van der Waals surface area (Å²) in [5, 5.41) is 0. The summed E-state index contributed by atoms with van der Waals surface area (Å²) in [4.78, 5) is 14.2. The van der Waals surface area contributed by atoms with Crippen molar-refractivity contribution in [3.63, 3.8) is 0 Å². The predicted molar refractivity (Wildman–Crippen MR) is 119 cm³/mol. The molecule has 0 N–H and O–H groups in total. The second-order valence-electron chi connectivity index (χ2n) is 8.43. The van der Waals surface area contributed by atoms with Crippen LogP contribution in [0, 0.1) is 11.6 Å². The molecule has 0 unspecified atom stereocenters. The molecule has 5 nitrogen and oxygen atoms in total. The van der Waals surface area contributed by atoms with E-state index in [9.17, 15) is 8.78 Å². The van der Waals surface area contributed by atoms with Gasteiger partial charge < -0.3 is 9.64 Å². The molecular formula is C25H26F2N4O. The normalized spacial score (nSPS) is 16.6. The molecule has 0 radical (unpaired) electrons. The van der Waals surface area contributed by atoms with Crippen molar-refractivity contribution < 1.29 is 13.5 Å². The molecule has 166 valence electrons. The average molecular weight is 437 g/mol. The van der Waals surface area contributed by atoms with Crippen molar-refractivity contribution >= 4 is 5.95 Å². The Morgan fingerprint density at radius 2 is 1.69 bits per heavy atom. The van der Waals surface area contributed by atoms with E-state index < -0.39 is 11.6 Å². The molecule has 0 atom stereocenters. The summed E-state index contributed by atoms with van der Waals surface area (Å²) >= 11 is 0. The minimum Gasteiger partial charge on any atom is -0.439 e. The van der Waals surface area contributed by atoms with E-state index in [1.807, 2.05) is 30.3 Å². The molecule has 0 spiro atoms. The number of nitrogens with zero attached hydrogens (tertiary/aromatic N) is 4. The van der Waals surface area contributed by atoms with E-state index in [-0.39, 0.29) is 0 Å². The van der Waals surface area contributed by atoms with Crippen molar-refractivity contribution in [2.24, 2.45) is 0 Å². The summed E-state index contributed by atoms with van der Waals surface area (Å²) in [6, 6.07) is 13.7. The molecule has 7 heteroatoms. The maximum Gasteiger partial charge on any atom is 0.228 e. The molecular weight excluding hydrogens is 410 g/mol. The van der Waals surface area contributed by atoms with E-state index in [2.05, 4.69) is 9.80 Å². The van der Waals surface area contributed by atoms with Crippen LogP contribution in [-0.2, 0) is 19.5 Å². The van der Waals surface area contributed by atoms with Crippen LogP contribution in [-0.4, -0.2) is 34.5 Å². The van der Waals surface area contributed by atoms with Gasteiger partial charge in [0, 0.05) is 39.1 Å². The van der Waals surface area contributed by atoms with Crippen LogP contribution in [0.2, 0.25) is 0 Å². The van der Waals surface area contributed by atoms with Gasteiger partial charge >= 0.3 is 0 Å². The fraction of sp³-hybridized carbons (Fsp3) is 0.360. The fourth-order valence-electron chi connectivity index (χ4n) is 4.38. The Labute approximate surface area is 186 Å². The second kappa shape index (κ2) is 9.20. The molecule has 0 aliphatic carbocycles. The SMILES string of the molecule is Fc1ccc(CN2CCc3nc(N4CCCCC4)nc(Oc4ccccc4)c3C2)cc1F. The topological polar surface area (TPSA) is 41.5 Å². The van der Waals surface area contributed by atoms with Gasteiger partial charge in [0.15, 0.2) is 11.6 Å². The molecule has 3 heterocycles. The van der Waals surface area contributed by atoms with Gasteiger partial charge in [0.2, 0.25) is 11.8 Å². The van der Waals surface area contributed by atoms with Gasteiger partial charge in [-0.3, -0.25) is 4.90 Å². The summed E-state index contributed by atoms with van der Waals surface area (Å²) in [5.41, 5.74) is 2.71. The van der Waals surface area contributed by atoms with Crippen molar-refractivity contribution in [1.29, 1.82) is 0 Å². The van der Waals surface area contributed by atoms with Gasteiger partial charge in [-0.15, -0.1) is 0 Å². The van der Waals surface area contributed by atoms with Crippen LogP contribution in [0.4, 0.5) is 14.7 Å². The van der Waals surface area contributed by atoms with Gasteiger partial charge in [0.1, 0.15) is 5.75 Å². The van der Waals surface area contributed by atoms with E-state index in [0.29, 0.717) is 19.0 Å². The minimum atomic E-state index is -0.824. The highest BCUT2D eigenvalue weighted by Gasteiger charge is 2.26. The largest absolute Gasteiger partial charge is 0.439 e. The van der Waals surface area contributed by atoms with Gasteiger partial charge in [-0.05, 0) is 49.1 Å². The molecule has 2 aromatic carbocycles. The van der Waals surface area contributed by atoms with Crippen molar-refractivity contribution in [2.75, 3.05) is 24.5 Å². The number of hydrogen-bond donors (Lipinski definition) is 0. The molecule has 2 aliphatic rings. The van der Waals surface area contributed by atoms with Crippen LogP contribution in [0.15, 0.2) is 48.5 Å². The van der Waals surface area contributed by atoms with Gasteiger partial charge in [-0.25, -0.2) is 13.8 Å². The van der Waals surface area contributed by atoms with Crippen molar-refractivity contribution in [3.05, 3.63) is 77.0 Å². The standard InChI is InChI=1S/C25H26F2N4O/c26-21-10-9-18(15-22(21)27)16-30-14-11-23-20(17-30)24(32-19-7-3-1-4-8-19)29-25(28-23)31-12-5-2-6-13-31/h1,3-4,7-10,15H,2,5-6,11-14,16-17H2. The first-order valence-corrected chi connectivity index (χ1v) is 11.2. The molecule has 1 aromatic heterocycles. The lowest BCUT2D eigenvalue weighted by molar-refractivity contribution is 0.237. The number of ether oxygens (including phenoxy) is 1. The van der Waals surface area contributed by atoms with E-state index in [4.69, 9.17) is 14.7 Å². The Morgan fingerprint density at radius 1 is 0.875 bits per heavy atom. The Hall–Kier alpha value is -3.06. The molecule has 3 aromatic rings. The number of halogens is 2. The van der Waals surface area contributed by atoms with E-state index in [1.165, 1.54) is 18.6 Å². The number of piperidine rings is 1. The number of aromatic nitrogens is 2. The number of fused-ring (bicyclic) bond motifs is 1. The zero-order valence-corrected chi connectivity index (χ0v) is 17.9. The first-order valence-electron chi connectivity index (χ1n) is 11.2.